The molecule has 3 heterocycles. The van der Waals surface area contributed by atoms with Gasteiger partial charge in [0.2, 0.25) is 5.91 Å². The van der Waals surface area contributed by atoms with E-state index in [4.69, 9.17) is 5.11 Å². The number of piperazine rings is 1. The zero-order chi connectivity index (χ0) is 24.5. The van der Waals surface area contributed by atoms with Crippen molar-refractivity contribution >= 4 is 40.1 Å². The third-order valence-electron chi connectivity index (χ3n) is 6.57. The Morgan fingerprint density at radius 1 is 1.06 bits per heavy atom. The minimum absolute atomic E-state index is 0.156. The summed E-state index contributed by atoms with van der Waals surface area (Å²) in [5.74, 6) is -0.419. The summed E-state index contributed by atoms with van der Waals surface area (Å²) in [6.45, 7) is 4.40. The molecule has 2 aliphatic heterocycles. The summed E-state index contributed by atoms with van der Waals surface area (Å²) >= 11 is 1.33. The van der Waals surface area contributed by atoms with Crippen LogP contribution in [0.15, 0.2) is 54.0 Å². The number of carbonyl (C=O) groups is 3. The van der Waals surface area contributed by atoms with Gasteiger partial charge in [-0.2, -0.15) is 0 Å². The SMILES string of the molecule is CC(C(=O)Nc1nccs1)N1Cc2ccc(-c3ccc(N4CCN(C(=O)O)CC4)cc3)cc2C1=O. The summed E-state index contributed by atoms with van der Waals surface area (Å²) in [5, 5.41) is 14.2. The highest BCUT2D eigenvalue weighted by molar-refractivity contribution is 7.13. The zero-order valence-electron chi connectivity index (χ0n) is 19.2. The molecule has 2 N–H and O–H groups in total. The number of hydrogen-bond donors (Lipinski definition) is 2. The molecular formula is C25H25N5O4S. The summed E-state index contributed by atoms with van der Waals surface area (Å²) in [6.07, 6.45) is 0.745. The largest absolute Gasteiger partial charge is 0.465 e. The molecule has 2 aliphatic rings. The minimum Gasteiger partial charge on any atom is -0.465 e. The first-order valence-electron chi connectivity index (χ1n) is 11.4. The quantitative estimate of drug-likeness (QED) is 0.565. The Morgan fingerprint density at radius 2 is 1.77 bits per heavy atom. The minimum atomic E-state index is -0.876. The molecule has 1 atom stereocenters. The predicted molar refractivity (Wildman–Crippen MR) is 134 cm³/mol. The number of carboxylic acid groups (broad SMARTS) is 1. The highest BCUT2D eigenvalue weighted by Gasteiger charge is 2.34. The number of anilines is 2. The van der Waals surface area contributed by atoms with E-state index in [1.54, 1.807) is 23.4 Å². The van der Waals surface area contributed by atoms with Crippen molar-refractivity contribution in [2.45, 2.75) is 19.5 Å². The lowest BCUT2D eigenvalue weighted by atomic mass is 10.00. The van der Waals surface area contributed by atoms with E-state index in [1.165, 1.54) is 16.2 Å². The maximum atomic E-state index is 13.1. The molecular weight excluding hydrogens is 466 g/mol. The molecule has 5 rings (SSSR count). The van der Waals surface area contributed by atoms with Gasteiger partial charge in [0.1, 0.15) is 6.04 Å². The number of carbonyl (C=O) groups excluding carboxylic acids is 2. The number of amides is 3. The van der Waals surface area contributed by atoms with Gasteiger partial charge in [-0.3, -0.25) is 9.59 Å². The zero-order valence-corrected chi connectivity index (χ0v) is 20.0. The molecule has 1 fully saturated rings. The molecule has 0 bridgehead atoms. The van der Waals surface area contributed by atoms with E-state index in [2.05, 4.69) is 15.2 Å². The number of fused-ring (bicyclic) bond motifs is 1. The van der Waals surface area contributed by atoms with Gasteiger partial charge in [0.15, 0.2) is 5.13 Å². The van der Waals surface area contributed by atoms with E-state index in [-0.39, 0.29) is 11.8 Å². The monoisotopic (exact) mass is 491 g/mol. The van der Waals surface area contributed by atoms with Crippen molar-refractivity contribution in [3.8, 4) is 11.1 Å². The number of nitrogens with zero attached hydrogens (tertiary/aromatic N) is 4. The number of rotatable bonds is 5. The van der Waals surface area contributed by atoms with Crippen LogP contribution in [0.5, 0.6) is 0 Å². The van der Waals surface area contributed by atoms with Crippen molar-refractivity contribution in [1.82, 2.24) is 14.8 Å². The van der Waals surface area contributed by atoms with Gasteiger partial charge in [-0.1, -0.05) is 24.3 Å². The van der Waals surface area contributed by atoms with Gasteiger partial charge >= 0.3 is 6.09 Å². The smallest absolute Gasteiger partial charge is 0.407 e. The summed E-state index contributed by atoms with van der Waals surface area (Å²) < 4.78 is 0. The third-order valence-corrected chi connectivity index (χ3v) is 7.26. The van der Waals surface area contributed by atoms with Crippen LogP contribution in [-0.2, 0) is 11.3 Å². The lowest BCUT2D eigenvalue weighted by Gasteiger charge is -2.34. The third kappa shape index (κ3) is 4.57. The fourth-order valence-electron chi connectivity index (χ4n) is 4.47. The van der Waals surface area contributed by atoms with E-state index >= 15 is 0 Å². The molecule has 0 radical (unpaired) electrons. The molecule has 1 unspecified atom stereocenters. The lowest BCUT2D eigenvalue weighted by Crippen LogP contribution is -2.48. The van der Waals surface area contributed by atoms with E-state index in [0.29, 0.717) is 43.4 Å². The van der Waals surface area contributed by atoms with Gasteiger partial charge < -0.3 is 25.1 Å². The van der Waals surface area contributed by atoms with Crippen LogP contribution in [0.4, 0.5) is 15.6 Å². The molecule has 0 spiro atoms. The first-order valence-corrected chi connectivity index (χ1v) is 12.3. The lowest BCUT2D eigenvalue weighted by molar-refractivity contribution is -0.120. The molecule has 0 aliphatic carbocycles. The Labute approximate surface area is 206 Å². The number of aromatic nitrogens is 1. The molecule has 3 aromatic rings. The van der Waals surface area contributed by atoms with Gasteiger partial charge in [0.25, 0.3) is 5.91 Å². The second-order valence-electron chi connectivity index (χ2n) is 8.61. The second kappa shape index (κ2) is 9.38. The van der Waals surface area contributed by atoms with Gasteiger partial charge in [0, 0.05) is 55.6 Å². The van der Waals surface area contributed by atoms with Crippen LogP contribution >= 0.6 is 11.3 Å². The second-order valence-corrected chi connectivity index (χ2v) is 9.51. The molecule has 9 nitrogen and oxygen atoms in total. The van der Waals surface area contributed by atoms with Gasteiger partial charge in [-0.05, 0) is 41.8 Å². The number of hydrogen-bond acceptors (Lipinski definition) is 6. The standard InChI is InChI=1S/C25H25N5O4S/c1-16(22(31)27-24-26-8-13-35-24)30-15-19-3-2-18(14-21(19)23(30)32)17-4-6-20(7-5-17)28-9-11-29(12-10-28)25(33)34/h2-8,13-14,16H,9-12,15H2,1H3,(H,33,34)(H,26,27,31). The molecule has 1 aromatic heterocycles. The van der Waals surface area contributed by atoms with E-state index in [9.17, 15) is 14.4 Å². The predicted octanol–water partition coefficient (Wildman–Crippen LogP) is 3.59. The van der Waals surface area contributed by atoms with Crippen molar-refractivity contribution in [1.29, 1.82) is 0 Å². The molecule has 180 valence electrons. The highest BCUT2D eigenvalue weighted by Crippen LogP contribution is 2.31. The number of thiazole rings is 1. The van der Waals surface area contributed by atoms with E-state index < -0.39 is 12.1 Å². The molecule has 1 saturated heterocycles. The van der Waals surface area contributed by atoms with Gasteiger partial charge in [0.05, 0.1) is 0 Å². The average Bonchev–Trinajstić information content (AvgIpc) is 3.51. The van der Waals surface area contributed by atoms with Gasteiger partial charge in [-0.15, -0.1) is 11.3 Å². The number of nitrogens with one attached hydrogen (secondary N) is 1. The van der Waals surface area contributed by atoms with Crippen molar-refractivity contribution in [2.24, 2.45) is 0 Å². The summed E-state index contributed by atoms with van der Waals surface area (Å²) in [5.41, 5.74) is 4.48. The van der Waals surface area contributed by atoms with Crippen LogP contribution in [0, 0.1) is 0 Å². The molecule has 35 heavy (non-hydrogen) atoms. The van der Waals surface area contributed by atoms with Crippen molar-refractivity contribution in [2.75, 3.05) is 36.4 Å². The van der Waals surface area contributed by atoms with Crippen LogP contribution in [-0.4, -0.2) is 70.0 Å². The summed E-state index contributed by atoms with van der Waals surface area (Å²) in [6, 6.07) is 13.3. The summed E-state index contributed by atoms with van der Waals surface area (Å²) in [4.78, 5) is 46.1. The maximum Gasteiger partial charge on any atom is 0.407 e. The van der Waals surface area contributed by atoms with Crippen molar-refractivity contribution in [3.63, 3.8) is 0 Å². The Bertz CT molecular complexity index is 1250. The van der Waals surface area contributed by atoms with Crippen LogP contribution in [0.3, 0.4) is 0 Å². The first-order chi connectivity index (χ1) is 16.9. The fourth-order valence-corrected chi connectivity index (χ4v) is 5.00. The highest BCUT2D eigenvalue weighted by atomic mass is 32.1. The molecule has 0 saturated carbocycles. The fraction of sp³-hybridized carbons (Fsp3) is 0.280. The summed E-state index contributed by atoms with van der Waals surface area (Å²) in [7, 11) is 0. The van der Waals surface area contributed by atoms with E-state index in [0.717, 1.165) is 22.4 Å². The average molecular weight is 492 g/mol. The Kier molecular flexibility index (Phi) is 6.12. The normalized spacial score (nSPS) is 16.3. The first kappa shape index (κ1) is 22.9. The Morgan fingerprint density at radius 3 is 2.43 bits per heavy atom. The van der Waals surface area contributed by atoms with Crippen LogP contribution < -0.4 is 10.2 Å². The molecule has 3 amide bonds. The van der Waals surface area contributed by atoms with Gasteiger partial charge in [-0.25, -0.2) is 9.78 Å². The Hall–Kier alpha value is -3.92. The van der Waals surface area contributed by atoms with Crippen LogP contribution in [0.2, 0.25) is 0 Å². The molecule has 2 aromatic carbocycles. The number of benzene rings is 2. The maximum absolute atomic E-state index is 13.1. The topological polar surface area (TPSA) is 106 Å². The molecule has 10 heteroatoms. The van der Waals surface area contributed by atoms with Crippen LogP contribution in [0.25, 0.3) is 11.1 Å². The Balaban J connectivity index is 1.27. The van der Waals surface area contributed by atoms with Crippen LogP contribution in [0.1, 0.15) is 22.8 Å². The van der Waals surface area contributed by atoms with Crippen molar-refractivity contribution in [3.05, 3.63) is 65.2 Å². The van der Waals surface area contributed by atoms with Crippen molar-refractivity contribution < 1.29 is 19.5 Å². The van der Waals surface area contributed by atoms with E-state index in [1.807, 2.05) is 42.5 Å².